The van der Waals surface area contributed by atoms with E-state index in [1.807, 2.05) is 0 Å². The highest BCUT2D eigenvalue weighted by molar-refractivity contribution is 5.95. The van der Waals surface area contributed by atoms with Crippen LogP contribution in [0.15, 0.2) is 6.20 Å². The van der Waals surface area contributed by atoms with Gasteiger partial charge in [0.2, 0.25) is 0 Å². The molecule has 1 aromatic heterocycles. The third kappa shape index (κ3) is 6.03. The Labute approximate surface area is 151 Å². The summed E-state index contributed by atoms with van der Waals surface area (Å²) in [6.07, 6.45) is -3.39. The predicted octanol–water partition coefficient (Wildman–Crippen LogP) is 3.68. The van der Waals surface area contributed by atoms with Crippen LogP contribution in [0.3, 0.4) is 0 Å². The summed E-state index contributed by atoms with van der Waals surface area (Å²) < 4.78 is 46.0. The van der Waals surface area contributed by atoms with Gasteiger partial charge in [-0.25, -0.2) is 0 Å². The molecule has 0 unspecified atom stereocenters. The van der Waals surface area contributed by atoms with E-state index >= 15 is 0 Å². The lowest BCUT2D eigenvalue weighted by atomic mass is 10.2. The number of hydrogen-bond acceptors (Lipinski definition) is 4. The summed E-state index contributed by atoms with van der Waals surface area (Å²) >= 11 is 0. The van der Waals surface area contributed by atoms with Gasteiger partial charge in [0.1, 0.15) is 5.60 Å². The summed E-state index contributed by atoms with van der Waals surface area (Å²) in [6.45, 7) is 8.47. The molecule has 1 aromatic rings. The number of carbonyl (C=O) groups excluding carboxylic acids is 2. The quantitative estimate of drug-likeness (QED) is 0.710. The van der Waals surface area contributed by atoms with Crippen LogP contribution in [0.4, 0.5) is 13.2 Å². The van der Waals surface area contributed by atoms with Gasteiger partial charge in [0, 0.05) is 26.1 Å². The van der Waals surface area contributed by atoms with Gasteiger partial charge in [-0.1, -0.05) is 0 Å². The van der Waals surface area contributed by atoms with E-state index in [1.165, 1.54) is 7.05 Å². The topological polar surface area (TPSA) is 64.4 Å². The van der Waals surface area contributed by atoms with Gasteiger partial charge in [-0.2, -0.15) is 18.3 Å². The number of amides is 1. The third-order valence-electron chi connectivity index (χ3n) is 3.42. The molecule has 9 heteroatoms. The molecule has 0 N–H and O–H groups in total. The zero-order valence-corrected chi connectivity index (χ0v) is 16.0. The van der Waals surface area contributed by atoms with E-state index in [1.54, 1.807) is 34.6 Å². The van der Waals surface area contributed by atoms with Gasteiger partial charge in [0.25, 0.3) is 5.91 Å². The molecule has 0 fully saturated rings. The van der Waals surface area contributed by atoms with Crippen LogP contribution in [0.1, 0.15) is 69.6 Å². The fourth-order valence-electron chi connectivity index (χ4n) is 2.35. The maximum atomic E-state index is 13.3. The minimum Gasteiger partial charge on any atom is -0.460 e. The first-order valence-electron chi connectivity index (χ1n) is 8.36. The fourth-order valence-corrected chi connectivity index (χ4v) is 2.35. The van der Waals surface area contributed by atoms with E-state index in [-0.39, 0.29) is 19.4 Å². The normalized spacial score (nSPS) is 12.4. The first-order valence-corrected chi connectivity index (χ1v) is 8.36. The van der Waals surface area contributed by atoms with Crippen molar-refractivity contribution in [2.75, 3.05) is 13.6 Å². The Morgan fingerprint density at radius 2 is 1.85 bits per heavy atom. The number of nitrogens with zero attached hydrogens (tertiary/aromatic N) is 3. The van der Waals surface area contributed by atoms with Crippen LogP contribution in [0.2, 0.25) is 0 Å². The molecule has 0 aromatic carbocycles. The lowest BCUT2D eigenvalue weighted by Crippen LogP contribution is -2.31. The average molecular weight is 377 g/mol. The lowest BCUT2D eigenvalue weighted by molar-refractivity contribution is -0.155. The highest BCUT2D eigenvalue weighted by atomic mass is 19.4. The summed E-state index contributed by atoms with van der Waals surface area (Å²) in [5.74, 6) is -1.20. The Bertz CT molecular complexity index is 646. The minimum absolute atomic E-state index is 0.0757. The van der Waals surface area contributed by atoms with Gasteiger partial charge in [0.05, 0.1) is 11.8 Å². The van der Waals surface area contributed by atoms with Crippen LogP contribution < -0.4 is 0 Å². The Morgan fingerprint density at radius 3 is 2.31 bits per heavy atom. The van der Waals surface area contributed by atoms with Crippen molar-refractivity contribution in [1.82, 2.24) is 14.7 Å². The van der Waals surface area contributed by atoms with Gasteiger partial charge in [-0.15, -0.1) is 0 Å². The van der Waals surface area contributed by atoms with Gasteiger partial charge in [0.15, 0.2) is 5.69 Å². The van der Waals surface area contributed by atoms with Gasteiger partial charge >= 0.3 is 12.1 Å². The molecule has 1 rings (SSSR count). The number of hydrogen-bond donors (Lipinski definition) is 0. The van der Waals surface area contributed by atoms with Crippen molar-refractivity contribution in [3.63, 3.8) is 0 Å². The summed E-state index contributed by atoms with van der Waals surface area (Å²) in [4.78, 5) is 25.2. The smallest absolute Gasteiger partial charge is 0.433 e. The zero-order valence-electron chi connectivity index (χ0n) is 16.0. The number of alkyl halides is 3. The first kappa shape index (κ1) is 22.0. The van der Waals surface area contributed by atoms with Gasteiger partial charge in [-0.05, 0) is 41.0 Å². The van der Waals surface area contributed by atoms with Crippen LogP contribution in [-0.2, 0) is 15.7 Å². The first-order chi connectivity index (χ1) is 11.7. The van der Waals surface area contributed by atoms with Gasteiger partial charge < -0.3 is 9.64 Å². The molecule has 0 aliphatic carbocycles. The van der Waals surface area contributed by atoms with Crippen molar-refractivity contribution in [3.05, 3.63) is 17.5 Å². The number of aromatic nitrogens is 2. The Hall–Kier alpha value is -2.06. The second-order valence-electron chi connectivity index (χ2n) is 7.36. The molecular weight excluding hydrogens is 351 g/mol. The van der Waals surface area contributed by atoms with Crippen molar-refractivity contribution >= 4 is 11.9 Å². The molecule has 0 spiro atoms. The molecule has 6 nitrogen and oxygen atoms in total. The standard InChI is InChI=1S/C17H26F3N3O3/c1-11(2)23-14(17(18,19)20)12(10-21-23)15(25)22(6)9-7-8-13(24)26-16(3,4)5/h10-11H,7-9H2,1-6H3. The van der Waals surface area contributed by atoms with E-state index < -0.39 is 41.0 Å². The van der Waals surface area contributed by atoms with Crippen molar-refractivity contribution in [2.24, 2.45) is 0 Å². The van der Waals surface area contributed by atoms with Crippen LogP contribution in [0.25, 0.3) is 0 Å². The number of carbonyl (C=O) groups is 2. The molecule has 0 radical (unpaired) electrons. The number of esters is 1. The molecule has 148 valence electrons. The van der Waals surface area contributed by atoms with Crippen LogP contribution >= 0.6 is 0 Å². The predicted molar refractivity (Wildman–Crippen MR) is 89.7 cm³/mol. The van der Waals surface area contributed by atoms with Crippen LogP contribution in [-0.4, -0.2) is 45.8 Å². The molecule has 0 aliphatic heterocycles. The molecule has 0 saturated heterocycles. The van der Waals surface area contributed by atoms with Crippen molar-refractivity contribution in [3.8, 4) is 0 Å². The molecule has 0 atom stereocenters. The number of ether oxygens (including phenoxy) is 1. The van der Waals surface area contributed by atoms with Crippen molar-refractivity contribution in [1.29, 1.82) is 0 Å². The van der Waals surface area contributed by atoms with Gasteiger partial charge in [-0.3, -0.25) is 14.3 Å². The summed E-state index contributed by atoms with van der Waals surface area (Å²) in [5.41, 5.74) is -2.16. The molecule has 0 aliphatic rings. The Morgan fingerprint density at radius 1 is 1.27 bits per heavy atom. The van der Waals surface area contributed by atoms with Crippen molar-refractivity contribution < 1.29 is 27.5 Å². The fraction of sp³-hybridized carbons (Fsp3) is 0.706. The molecular formula is C17H26F3N3O3. The van der Waals surface area contributed by atoms with E-state index in [2.05, 4.69) is 5.10 Å². The summed E-state index contributed by atoms with van der Waals surface area (Å²) in [7, 11) is 1.39. The summed E-state index contributed by atoms with van der Waals surface area (Å²) in [6, 6.07) is -0.536. The molecule has 1 amide bonds. The monoisotopic (exact) mass is 377 g/mol. The maximum absolute atomic E-state index is 13.3. The molecule has 26 heavy (non-hydrogen) atoms. The maximum Gasteiger partial charge on any atom is 0.433 e. The van der Waals surface area contributed by atoms with E-state index in [0.717, 1.165) is 15.8 Å². The van der Waals surface area contributed by atoms with Crippen LogP contribution in [0.5, 0.6) is 0 Å². The molecule has 0 saturated carbocycles. The SMILES string of the molecule is CC(C)n1ncc(C(=O)N(C)CCCC(=O)OC(C)(C)C)c1C(F)(F)F. The highest BCUT2D eigenvalue weighted by Gasteiger charge is 2.41. The largest absolute Gasteiger partial charge is 0.460 e. The number of rotatable bonds is 6. The molecule has 1 heterocycles. The minimum atomic E-state index is -4.69. The highest BCUT2D eigenvalue weighted by Crippen LogP contribution is 2.34. The van der Waals surface area contributed by atoms with E-state index in [9.17, 15) is 22.8 Å². The lowest BCUT2D eigenvalue weighted by Gasteiger charge is -2.21. The Balaban J connectivity index is 2.79. The average Bonchev–Trinajstić information content (AvgIpc) is 2.89. The Kier molecular flexibility index (Phi) is 6.84. The van der Waals surface area contributed by atoms with Crippen molar-refractivity contribution in [2.45, 2.75) is 65.3 Å². The second-order valence-corrected chi connectivity index (χ2v) is 7.36. The second kappa shape index (κ2) is 8.09. The number of halogens is 3. The summed E-state index contributed by atoms with van der Waals surface area (Å²) in [5, 5.41) is 3.71. The van der Waals surface area contributed by atoms with E-state index in [4.69, 9.17) is 4.74 Å². The zero-order chi connectivity index (χ0) is 20.3. The molecule has 0 bridgehead atoms. The third-order valence-corrected chi connectivity index (χ3v) is 3.42. The van der Waals surface area contributed by atoms with Crippen LogP contribution in [0, 0.1) is 0 Å². The van der Waals surface area contributed by atoms with E-state index in [0.29, 0.717) is 0 Å².